The maximum absolute atomic E-state index is 13.1. The van der Waals surface area contributed by atoms with Gasteiger partial charge in [-0.2, -0.15) is 0 Å². The Labute approximate surface area is 173 Å². The molecule has 1 aromatic carbocycles. The van der Waals surface area contributed by atoms with Gasteiger partial charge in [0.05, 0.1) is 5.69 Å². The Balaban J connectivity index is 1.71. The number of nitrogens with one attached hydrogen (secondary N) is 1. The fourth-order valence-corrected chi connectivity index (χ4v) is 4.61. The molecule has 0 atom stereocenters. The van der Waals surface area contributed by atoms with Crippen molar-refractivity contribution in [3.8, 4) is 5.13 Å². The highest BCUT2D eigenvalue weighted by Crippen LogP contribution is 2.27. The lowest BCUT2D eigenvalue weighted by atomic mass is 10.1. The van der Waals surface area contributed by atoms with Crippen molar-refractivity contribution in [2.75, 3.05) is 4.90 Å². The molecule has 1 saturated heterocycles. The van der Waals surface area contributed by atoms with E-state index in [1.807, 2.05) is 51.3 Å². The second-order valence-electron chi connectivity index (χ2n) is 6.95. The summed E-state index contributed by atoms with van der Waals surface area (Å²) >= 11 is 7.03. The minimum absolute atomic E-state index is 0.144. The van der Waals surface area contributed by atoms with Crippen LogP contribution in [0, 0.1) is 27.7 Å². The fourth-order valence-electron chi connectivity index (χ4n) is 3.56. The van der Waals surface area contributed by atoms with Crippen LogP contribution in [0.2, 0.25) is 0 Å². The van der Waals surface area contributed by atoms with Crippen molar-refractivity contribution in [2.24, 2.45) is 0 Å². The summed E-state index contributed by atoms with van der Waals surface area (Å²) in [5, 5.41) is 6.34. The zero-order chi connectivity index (χ0) is 20.0. The fraction of sp³-hybridized carbons (Fsp3) is 0.190. The Bertz CT molecular complexity index is 1110. The Morgan fingerprint density at radius 2 is 1.82 bits per heavy atom. The summed E-state index contributed by atoms with van der Waals surface area (Å²) in [6.07, 6.45) is 3.66. The van der Waals surface area contributed by atoms with E-state index in [4.69, 9.17) is 12.2 Å². The zero-order valence-corrected chi connectivity index (χ0v) is 17.7. The van der Waals surface area contributed by atoms with Crippen molar-refractivity contribution in [3.05, 3.63) is 69.6 Å². The molecule has 1 aliphatic rings. The van der Waals surface area contributed by atoms with Crippen LogP contribution < -0.4 is 10.2 Å². The molecular formula is C21H20N4OS2. The molecule has 1 amide bonds. The number of nitrogens with zero attached hydrogens (tertiary/aromatic N) is 3. The molecule has 1 aliphatic heterocycles. The van der Waals surface area contributed by atoms with Crippen LogP contribution in [0.3, 0.4) is 0 Å². The lowest BCUT2D eigenvalue weighted by molar-refractivity contribution is -0.113. The largest absolute Gasteiger partial charge is 0.327 e. The predicted octanol–water partition coefficient (Wildman–Crippen LogP) is 4.43. The number of thiazole rings is 1. The number of hydrogen-bond acceptors (Lipinski definition) is 4. The highest BCUT2D eigenvalue weighted by molar-refractivity contribution is 7.80. The summed E-state index contributed by atoms with van der Waals surface area (Å²) in [4.78, 5) is 19.0. The van der Waals surface area contributed by atoms with Crippen LogP contribution in [0.25, 0.3) is 11.2 Å². The second kappa shape index (κ2) is 7.00. The van der Waals surface area contributed by atoms with Gasteiger partial charge >= 0.3 is 0 Å². The Morgan fingerprint density at radius 1 is 1.11 bits per heavy atom. The molecule has 0 unspecified atom stereocenters. The van der Waals surface area contributed by atoms with Gasteiger partial charge < -0.3 is 5.32 Å². The SMILES string of the molecule is Cc1cc(C)cc(N2C(=O)/C(=C/c3cc(C)n(-c4nccs4)c3C)NC2=S)c1. The van der Waals surface area contributed by atoms with Crippen LogP contribution in [-0.4, -0.2) is 20.6 Å². The lowest BCUT2D eigenvalue weighted by Gasteiger charge is -2.15. The van der Waals surface area contributed by atoms with E-state index in [0.29, 0.717) is 10.8 Å². The van der Waals surface area contributed by atoms with Crippen LogP contribution in [0.5, 0.6) is 0 Å². The average molecular weight is 409 g/mol. The minimum atomic E-state index is -0.144. The molecule has 3 heterocycles. The summed E-state index contributed by atoms with van der Waals surface area (Å²) in [7, 11) is 0. The Morgan fingerprint density at radius 3 is 2.46 bits per heavy atom. The van der Waals surface area contributed by atoms with Gasteiger partial charge in [-0.1, -0.05) is 6.07 Å². The standard InChI is InChI=1S/C21H20N4OS2/c1-12-7-13(2)9-17(8-12)25-19(26)18(23-20(25)27)11-16-10-14(3)24(15(16)4)21-22-5-6-28-21/h5-11H,1-4H3,(H,23,27)/b18-11-. The molecule has 0 aliphatic carbocycles. The van der Waals surface area contributed by atoms with Crippen molar-refractivity contribution >= 4 is 46.3 Å². The van der Waals surface area contributed by atoms with Gasteiger partial charge in [0, 0.05) is 23.0 Å². The van der Waals surface area contributed by atoms with Gasteiger partial charge in [-0.3, -0.25) is 14.3 Å². The van der Waals surface area contributed by atoms with Gasteiger partial charge in [0.25, 0.3) is 5.91 Å². The van der Waals surface area contributed by atoms with Crippen molar-refractivity contribution in [1.29, 1.82) is 0 Å². The quantitative estimate of drug-likeness (QED) is 0.515. The average Bonchev–Trinajstić information content (AvgIpc) is 3.28. The molecule has 1 fully saturated rings. The van der Waals surface area contributed by atoms with E-state index in [2.05, 4.69) is 27.0 Å². The molecule has 0 spiro atoms. The molecule has 0 bridgehead atoms. The first-order valence-electron chi connectivity index (χ1n) is 8.89. The monoisotopic (exact) mass is 408 g/mol. The molecule has 5 nitrogen and oxygen atoms in total. The van der Waals surface area contributed by atoms with Crippen LogP contribution in [0.4, 0.5) is 5.69 Å². The van der Waals surface area contributed by atoms with E-state index in [1.54, 1.807) is 22.4 Å². The lowest BCUT2D eigenvalue weighted by Crippen LogP contribution is -2.30. The molecule has 3 aromatic rings. The third-order valence-corrected chi connectivity index (χ3v) is 5.76. The molecule has 7 heteroatoms. The number of amides is 1. The number of rotatable bonds is 3. The maximum atomic E-state index is 13.1. The first-order valence-corrected chi connectivity index (χ1v) is 10.2. The van der Waals surface area contributed by atoms with Crippen LogP contribution >= 0.6 is 23.6 Å². The van der Waals surface area contributed by atoms with Crippen molar-refractivity contribution in [3.63, 3.8) is 0 Å². The van der Waals surface area contributed by atoms with E-state index in [-0.39, 0.29) is 5.91 Å². The van der Waals surface area contributed by atoms with Crippen LogP contribution in [0.15, 0.2) is 41.5 Å². The number of carbonyl (C=O) groups excluding carboxylic acids is 1. The molecule has 28 heavy (non-hydrogen) atoms. The number of aromatic nitrogens is 2. The van der Waals surface area contributed by atoms with E-state index in [1.165, 1.54) is 0 Å². The van der Waals surface area contributed by atoms with E-state index in [9.17, 15) is 4.79 Å². The molecular weight excluding hydrogens is 388 g/mol. The summed E-state index contributed by atoms with van der Waals surface area (Å²) in [5.41, 5.74) is 6.52. The smallest absolute Gasteiger partial charge is 0.281 e. The van der Waals surface area contributed by atoms with Crippen molar-refractivity contribution < 1.29 is 4.79 Å². The molecule has 1 N–H and O–H groups in total. The number of carbonyl (C=O) groups is 1. The highest BCUT2D eigenvalue weighted by atomic mass is 32.1. The molecule has 4 rings (SSSR count). The summed E-state index contributed by atoms with van der Waals surface area (Å²) < 4.78 is 2.09. The molecule has 2 aromatic heterocycles. The molecule has 0 saturated carbocycles. The summed E-state index contributed by atoms with van der Waals surface area (Å²) in [5.74, 6) is -0.144. The number of hydrogen-bond donors (Lipinski definition) is 1. The van der Waals surface area contributed by atoms with Gasteiger partial charge in [-0.25, -0.2) is 4.98 Å². The number of anilines is 1. The van der Waals surface area contributed by atoms with E-state index in [0.717, 1.165) is 38.9 Å². The number of benzene rings is 1. The van der Waals surface area contributed by atoms with E-state index >= 15 is 0 Å². The topological polar surface area (TPSA) is 50.2 Å². The third kappa shape index (κ3) is 3.16. The maximum Gasteiger partial charge on any atom is 0.281 e. The van der Waals surface area contributed by atoms with E-state index < -0.39 is 0 Å². The van der Waals surface area contributed by atoms with Gasteiger partial charge in [-0.15, -0.1) is 11.3 Å². The summed E-state index contributed by atoms with van der Waals surface area (Å²) in [6.45, 7) is 8.09. The normalized spacial score (nSPS) is 15.6. The predicted molar refractivity (Wildman–Crippen MR) is 118 cm³/mol. The van der Waals surface area contributed by atoms with Crippen LogP contribution in [0.1, 0.15) is 28.1 Å². The minimum Gasteiger partial charge on any atom is -0.327 e. The zero-order valence-electron chi connectivity index (χ0n) is 16.1. The first kappa shape index (κ1) is 18.6. The Hall–Kier alpha value is -2.77. The molecule has 142 valence electrons. The second-order valence-corrected chi connectivity index (χ2v) is 8.21. The van der Waals surface area contributed by atoms with Gasteiger partial charge in [-0.05, 0) is 80.9 Å². The van der Waals surface area contributed by atoms with Gasteiger partial charge in [0.1, 0.15) is 5.70 Å². The number of aryl methyl sites for hydroxylation is 3. The summed E-state index contributed by atoms with van der Waals surface area (Å²) in [6, 6.07) is 8.07. The Kier molecular flexibility index (Phi) is 4.64. The highest BCUT2D eigenvalue weighted by Gasteiger charge is 2.32. The number of thiocarbonyl (C=S) groups is 1. The van der Waals surface area contributed by atoms with Crippen molar-refractivity contribution in [2.45, 2.75) is 27.7 Å². The first-order chi connectivity index (χ1) is 13.3. The molecule has 0 radical (unpaired) electrons. The van der Waals surface area contributed by atoms with Crippen molar-refractivity contribution in [1.82, 2.24) is 14.9 Å². The third-order valence-electron chi connectivity index (χ3n) is 4.72. The van der Waals surface area contributed by atoms with Gasteiger partial charge in [0.2, 0.25) is 0 Å². The van der Waals surface area contributed by atoms with Crippen LogP contribution in [-0.2, 0) is 4.79 Å². The van der Waals surface area contributed by atoms with Gasteiger partial charge in [0.15, 0.2) is 10.2 Å².